The lowest BCUT2D eigenvalue weighted by Gasteiger charge is -2.17. The van der Waals surface area contributed by atoms with Crippen LogP contribution in [-0.4, -0.2) is 25.5 Å². The van der Waals surface area contributed by atoms with Crippen LogP contribution in [0.5, 0.6) is 0 Å². The predicted molar refractivity (Wildman–Crippen MR) is 58.1 cm³/mol. The van der Waals surface area contributed by atoms with Crippen molar-refractivity contribution >= 4 is 5.91 Å². The van der Waals surface area contributed by atoms with Crippen molar-refractivity contribution in [1.29, 1.82) is 0 Å². The molecule has 0 bridgehead atoms. The van der Waals surface area contributed by atoms with Gasteiger partial charge in [0.2, 0.25) is 5.91 Å². The van der Waals surface area contributed by atoms with Crippen LogP contribution in [-0.2, 0) is 4.79 Å². The minimum atomic E-state index is 0.0725. The van der Waals surface area contributed by atoms with E-state index in [1.165, 1.54) is 32.1 Å². The van der Waals surface area contributed by atoms with Gasteiger partial charge in [0.15, 0.2) is 0 Å². The van der Waals surface area contributed by atoms with E-state index in [0.717, 1.165) is 5.92 Å². The third kappa shape index (κ3) is 4.09. The number of rotatable bonds is 5. The van der Waals surface area contributed by atoms with Gasteiger partial charge in [0.25, 0.3) is 0 Å². The van der Waals surface area contributed by atoms with Gasteiger partial charge in [0, 0.05) is 13.1 Å². The molecule has 0 heterocycles. The zero-order valence-corrected chi connectivity index (χ0v) is 9.31. The van der Waals surface area contributed by atoms with E-state index in [2.05, 4.69) is 17.6 Å². The molecule has 2 N–H and O–H groups in total. The van der Waals surface area contributed by atoms with Crippen LogP contribution < -0.4 is 10.6 Å². The zero-order chi connectivity index (χ0) is 10.4. The molecule has 1 fully saturated rings. The fourth-order valence-electron chi connectivity index (χ4n) is 2.18. The molecule has 1 atom stereocenters. The Balaban J connectivity index is 2.08. The van der Waals surface area contributed by atoms with Crippen molar-refractivity contribution in [3.05, 3.63) is 0 Å². The first-order valence-corrected chi connectivity index (χ1v) is 5.66. The van der Waals surface area contributed by atoms with E-state index < -0.39 is 0 Å². The molecule has 0 aromatic heterocycles. The minimum absolute atomic E-state index is 0.0725. The molecular weight excluding hydrogens is 176 g/mol. The normalized spacial score (nSPS) is 19.6. The molecule has 1 unspecified atom stereocenters. The van der Waals surface area contributed by atoms with Crippen LogP contribution in [0.25, 0.3) is 0 Å². The fraction of sp³-hybridized carbons (Fsp3) is 0.909. The van der Waals surface area contributed by atoms with E-state index >= 15 is 0 Å². The molecule has 1 aliphatic rings. The van der Waals surface area contributed by atoms with Gasteiger partial charge in [-0.1, -0.05) is 25.7 Å². The number of likely N-dealkylation sites (N-methyl/N-ethyl adjacent to an activating group) is 1. The largest absolute Gasteiger partial charge is 0.358 e. The van der Waals surface area contributed by atoms with Gasteiger partial charge in [-0.05, 0) is 19.3 Å². The van der Waals surface area contributed by atoms with Crippen molar-refractivity contribution in [1.82, 2.24) is 10.6 Å². The molecule has 0 aromatic carbocycles. The average Bonchev–Trinajstić information content (AvgIpc) is 2.66. The molecule has 0 aromatic rings. The molecule has 0 aliphatic heterocycles. The molecule has 82 valence electrons. The van der Waals surface area contributed by atoms with Crippen molar-refractivity contribution in [2.75, 3.05) is 13.6 Å². The highest BCUT2D eigenvalue weighted by atomic mass is 16.1. The van der Waals surface area contributed by atoms with E-state index in [0.29, 0.717) is 12.6 Å². The smallest absolute Gasteiger partial charge is 0.233 e. The lowest BCUT2D eigenvalue weighted by atomic mass is 9.99. The van der Waals surface area contributed by atoms with Crippen molar-refractivity contribution in [3.63, 3.8) is 0 Å². The van der Waals surface area contributed by atoms with Crippen LogP contribution >= 0.6 is 0 Å². The van der Waals surface area contributed by atoms with Crippen LogP contribution in [0.3, 0.4) is 0 Å². The summed E-state index contributed by atoms with van der Waals surface area (Å²) in [5.74, 6) is 0.963. The van der Waals surface area contributed by atoms with Crippen LogP contribution in [0, 0.1) is 5.92 Å². The first-order chi connectivity index (χ1) is 6.72. The molecule has 1 amide bonds. The molecular formula is C11H22N2O. The summed E-state index contributed by atoms with van der Waals surface area (Å²) in [6, 6.07) is 0.468. The number of carbonyl (C=O) groups excluding carboxylic acids is 1. The van der Waals surface area contributed by atoms with Gasteiger partial charge in [-0.2, -0.15) is 0 Å². The molecule has 1 rings (SSSR count). The van der Waals surface area contributed by atoms with E-state index in [1.807, 2.05) is 0 Å². The standard InChI is InChI=1S/C11H22N2O/c1-9(13-8-11(14)12-2)7-10-5-3-4-6-10/h9-10,13H,3-8H2,1-2H3,(H,12,14). The summed E-state index contributed by atoms with van der Waals surface area (Å²) in [5.41, 5.74) is 0. The van der Waals surface area contributed by atoms with Gasteiger partial charge < -0.3 is 10.6 Å². The monoisotopic (exact) mass is 198 g/mol. The van der Waals surface area contributed by atoms with Crippen molar-refractivity contribution < 1.29 is 4.79 Å². The van der Waals surface area contributed by atoms with Gasteiger partial charge in [0.1, 0.15) is 0 Å². The van der Waals surface area contributed by atoms with Gasteiger partial charge in [-0.15, -0.1) is 0 Å². The summed E-state index contributed by atoms with van der Waals surface area (Å²) in [7, 11) is 1.67. The summed E-state index contributed by atoms with van der Waals surface area (Å²) >= 11 is 0. The molecule has 1 aliphatic carbocycles. The van der Waals surface area contributed by atoms with Crippen molar-refractivity contribution in [2.24, 2.45) is 5.92 Å². The Morgan fingerprint density at radius 2 is 2.07 bits per heavy atom. The highest BCUT2D eigenvalue weighted by molar-refractivity contribution is 5.77. The Hall–Kier alpha value is -0.570. The molecule has 1 saturated carbocycles. The highest BCUT2D eigenvalue weighted by Gasteiger charge is 2.17. The lowest BCUT2D eigenvalue weighted by Crippen LogP contribution is -2.37. The Labute approximate surface area is 86.6 Å². The van der Waals surface area contributed by atoms with Crippen LogP contribution in [0.4, 0.5) is 0 Å². The zero-order valence-electron chi connectivity index (χ0n) is 9.31. The SMILES string of the molecule is CNC(=O)CNC(C)CC1CCCC1. The van der Waals surface area contributed by atoms with Crippen LogP contribution in [0.1, 0.15) is 39.0 Å². The third-order valence-electron chi connectivity index (χ3n) is 3.05. The first-order valence-electron chi connectivity index (χ1n) is 5.66. The number of amides is 1. The van der Waals surface area contributed by atoms with Crippen LogP contribution in [0.15, 0.2) is 0 Å². The number of nitrogens with one attached hydrogen (secondary N) is 2. The molecule has 14 heavy (non-hydrogen) atoms. The van der Waals surface area contributed by atoms with Crippen molar-refractivity contribution in [2.45, 2.75) is 45.1 Å². The van der Waals surface area contributed by atoms with Crippen molar-refractivity contribution in [3.8, 4) is 0 Å². The maximum Gasteiger partial charge on any atom is 0.233 e. The quantitative estimate of drug-likeness (QED) is 0.699. The number of hydrogen-bond donors (Lipinski definition) is 2. The highest BCUT2D eigenvalue weighted by Crippen LogP contribution is 2.28. The van der Waals surface area contributed by atoms with E-state index in [9.17, 15) is 4.79 Å². The Kier molecular flexibility index (Phi) is 4.94. The Bertz CT molecular complexity index is 176. The molecule has 0 saturated heterocycles. The number of hydrogen-bond acceptors (Lipinski definition) is 2. The second kappa shape index (κ2) is 6.02. The maximum absolute atomic E-state index is 11.0. The summed E-state index contributed by atoms with van der Waals surface area (Å²) in [4.78, 5) is 11.0. The van der Waals surface area contributed by atoms with Gasteiger partial charge in [0.05, 0.1) is 6.54 Å². The van der Waals surface area contributed by atoms with E-state index in [4.69, 9.17) is 0 Å². The van der Waals surface area contributed by atoms with Gasteiger partial charge >= 0.3 is 0 Å². The average molecular weight is 198 g/mol. The summed E-state index contributed by atoms with van der Waals surface area (Å²) in [5, 5.41) is 5.86. The Morgan fingerprint density at radius 1 is 1.43 bits per heavy atom. The second-order valence-electron chi connectivity index (χ2n) is 4.34. The van der Waals surface area contributed by atoms with Gasteiger partial charge in [-0.3, -0.25) is 4.79 Å². The van der Waals surface area contributed by atoms with E-state index in [-0.39, 0.29) is 5.91 Å². The van der Waals surface area contributed by atoms with Crippen LogP contribution in [0.2, 0.25) is 0 Å². The summed E-state index contributed by atoms with van der Waals surface area (Å²) in [6.45, 7) is 2.62. The third-order valence-corrected chi connectivity index (χ3v) is 3.05. The second-order valence-corrected chi connectivity index (χ2v) is 4.34. The topological polar surface area (TPSA) is 41.1 Å². The predicted octanol–water partition coefficient (Wildman–Crippen LogP) is 1.29. The van der Waals surface area contributed by atoms with E-state index in [1.54, 1.807) is 7.05 Å². The molecule has 0 radical (unpaired) electrons. The Morgan fingerprint density at radius 3 is 2.64 bits per heavy atom. The summed E-state index contributed by atoms with van der Waals surface area (Å²) < 4.78 is 0. The summed E-state index contributed by atoms with van der Waals surface area (Å²) in [6.07, 6.45) is 6.77. The molecule has 3 heteroatoms. The lowest BCUT2D eigenvalue weighted by molar-refractivity contribution is -0.119. The fourth-order valence-corrected chi connectivity index (χ4v) is 2.18. The minimum Gasteiger partial charge on any atom is -0.358 e. The first kappa shape index (κ1) is 11.5. The molecule has 3 nitrogen and oxygen atoms in total. The maximum atomic E-state index is 11.0. The number of carbonyl (C=O) groups is 1. The molecule has 0 spiro atoms. The van der Waals surface area contributed by atoms with Gasteiger partial charge in [-0.25, -0.2) is 0 Å².